The van der Waals surface area contributed by atoms with Crippen LogP contribution >= 0.6 is 11.8 Å². The number of hydrogen-bond acceptors (Lipinski definition) is 2. The molecule has 10 atom stereocenters. The molecular formula is C48H61NS. The number of fused-ring (bicyclic) bond motifs is 3. The van der Waals surface area contributed by atoms with Gasteiger partial charge in [0, 0.05) is 28.5 Å². The fourth-order valence-electron chi connectivity index (χ4n) is 11.8. The van der Waals surface area contributed by atoms with Crippen molar-refractivity contribution in [3.8, 4) is 0 Å². The van der Waals surface area contributed by atoms with Crippen molar-refractivity contribution < 1.29 is 0 Å². The molecule has 1 aliphatic heterocycles. The van der Waals surface area contributed by atoms with Crippen LogP contribution in [0, 0.1) is 35.5 Å². The Morgan fingerprint density at radius 3 is 2.44 bits per heavy atom. The smallest absolute Gasteiger partial charge is 0.0331 e. The van der Waals surface area contributed by atoms with Crippen molar-refractivity contribution in [2.24, 2.45) is 35.5 Å². The molecule has 8 aliphatic carbocycles. The molecule has 2 heteroatoms. The summed E-state index contributed by atoms with van der Waals surface area (Å²) in [4.78, 5) is 0. The van der Waals surface area contributed by atoms with Crippen molar-refractivity contribution in [3.05, 3.63) is 119 Å². The van der Waals surface area contributed by atoms with Gasteiger partial charge in [0.1, 0.15) is 0 Å². The van der Waals surface area contributed by atoms with Crippen LogP contribution in [0.25, 0.3) is 0 Å². The predicted molar refractivity (Wildman–Crippen MR) is 215 cm³/mol. The summed E-state index contributed by atoms with van der Waals surface area (Å²) < 4.78 is 0. The van der Waals surface area contributed by atoms with E-state index >= 15 is 0 Å². The molecule has 50 heavy (non-hydrogen) atoms. The quantitative estimate of drug-likeness (QED) is 0.268. The molecule has 0 spiro atoms. The lowest BCUT2D eigenvalue weighted by atomic mass is 9.69. The Morgan fingerprint density at radius 1 is 0.640 bits per heavy atom. The zero-order chi connectivity index (χ0) is 33.3. The molecule has 1 heterocycles. The van der Waals surface area contributed by atoms with Gasteiger partial charge in [-0.15, -0.1) is 11.8 Å². The van der Waals surface area contributed by atoms with E-state index < -0.39 is 0 Å². The van der Waals surface area contributed by atoms with Gasteiger partial charge in [0.15, 0.2) is 0 Å². The molecule has 0 amide bonds. The molecule has 1 nitrogen and oxygen atoms in total. The van der Waals surface area contributed by atoms with E-state index in [1.165, 1.54) is 116 Å². The monoisotopic (exact) mass is 683 g/mol. The molecule has 0 aromatic carbocycles. The van der Waals surface area contributed by atoms with Crippen molar-refractivity contribution in [2.75, 3.05) is 0 Å². The van der Waals surface area contributed by atoms with Gasteiger partial charge < -0.3 is 5.32 Å². The SMILES string of the molecule is C1=CC(NC2CC=C(C3=CC=CC(C4=CCCC(C5=CCCC6C5SC5CCCCC56)=C4)C3)CC2C2CC=CCC2)CC(C2CC=CCC2)=C1. The minimum Gasteiger partial charge on any atom is -0.307 e. The van der Waals surface area contributed by atoms with Crippen molar-refractivity contribution in [3.63, 3.8) is 0 Å². The van der Waals surface area contributed by atoms with Gasteiger partial charge in [0.2, 0.25) is 0 Å². The molecule has 0 aromatic rings. The van der Waals surface area contributed by atoms with E-state index in [0.29, 0.717) is 23.9 Å². The van der Waals surface area contributed by atoms with Gasteiger partial charge in [-0.05, 0) is 160 Å². The molecule has 1 saturated heterocycles. The number of hydrogen-bond donors (Lipinski definition) is 1. The Balaban J connectivity index is 0.883. The zero-order valence-electron chi connectivity index (χ0n) is 30.5. The van der Waals surface area contributed by atoms with Gasteiger partial charge in [-0.2, -0.15) is 0 Å². The van der Waals surface area contributed by atoms with Crippen LogP contribution in [0.3, 0.4) is 0 Å². The highest BCUT2D eigenvalue weighted by molar-refractivity contribution is 8.01. The Labute approximate surface area is 308 Å². The normalized spacial score (nSPS) is 39.8. The lowest BCUT2D eigenvalue weighted by molar-refractivity contribution is 0.214. The zero-order valence-corrected chi connectivity index (χ0v) is 31.3. The maximum absolute atomic E-state index is 4.25. The third-order valence-electron chi connectivity index (χ3n) is 14.4. The second-order valence-corrected chi connectivity index (χ2v) is 18.7. The van der Waals surface area contributed by atoms with Gasteiger partial charge in [-0.25, -0.2) is 0 Å². The Hall–Kier alpha value is -2.29. The van der Waals surface area contributed by atoms with Crippen LogP contribution in [0.1, 0.15) is 116 Å². The van der Waals surface area contributed by atoms with Gasteiger partial charge >= 0.3 is 0 Å². The molecule has 1 saturated carbocycles. The molecule has 2 fully saturated rings. The summed E-state index contributed by atoms with van der Waals surface area (Å²) in [5.74, 6) is 4.71. The first-order valence-corrected chi connectivity index (χ1v) is 22.0. The molecule has 264 valence electrons. The van der Waals surface area contributed by atoms with E-state index in [1.807, 2.05) is 0 Å². The standard InChI is InChI=1S/C48H61NS/c1-3-13-33(14-4-1)38-20-11-22-41(31-38)49-46-28-27-39(32-45(46)34-15-5-2-6-16-34)36-18-9-17-35(29-36)37-19-10-21-40(30-37)42-24-12-25-44-43-23-7-8-26-47(43)50-48(42)44/h1-3,5,9,11,17-20,22,24,27,30,33-35,41,43-49H,4,6-8,10,12-16,21,23,25-26,28-29,31-32H2. The Bertz CT molecular complexity index is 1590. The van der Waals surface area contributed by atoms with Crippen molar-refractivity contribution in [1.82, 2.24) is 5.32 Å². The largest absolute Gasteiger partial charge is 0.307 e. The third kappa shape index (κ3) is 7.07. The fraction of sp³-hybridized carbons (Fsp3) is 0.583. The van der Waals surface area contributed by atoms with E-state index in [0.717, 1.165) is 34.2 Å². The van der Waals surface area contributed by atoms with Crippen LogP contribution in [0.4, 0.5) is 0 Å². The van der Waals surface area contributed by atoms with Crippen LogP contribution in [-0.4, -0.2) is 22.6 Å². The number of nitrogens with one attached hydrogen (secondary N) is 1. The Kier molecular flexibility index (Phi) is 10.3. The maximum Gasteiger partial charge on any atom is 0.0331 e. The molecule has 10 unspecified atom stereocenters. The molecule has 0 radical (unpaired) electrons. The number of thioether (sulfide) groups is 1. The van der Waals surface area contributed by atoms with Crippen LogP contribution < -0.4 is 5.32 Å². The van der Waals surface area contributed by atoms with Crippen molar-refractivity contribution in [2.45, 2.75) is 138 Å². The second-order valence-electron chi connectivity index (χ2n) is 17.3. The lowest BCUT2D eigenvalue weighted by Gasteiger charge is -2.41. The van der Waals surface area contributed by atoms with Gasteiger partial charge in [-0.1, -0.05) is 103 Å². The van der Waals surface area contributed by atoms with E-state index in [9.17, 15) is 0 Å². The molecule has 9 rings (SSSR count). The molecule has 0 bridgehead atoms. The van der Waals surface area contributed by atoms with Crippen LogP contribution in [0.5, 0.6) is 0 Å². The highest BCUT2D eigenvalue weighted by Gasteiger charge is 2.47. The average molecular weight is 684 g/mol. The first-order valence-electron chi connectivity index (χ1n) is 21.0. The van der Waals surface area contributed by atoms with Crippen LogP contribution in [0.2, 0.25) is 0 Å². The van der Waals surface area contributed by atoms with E-state index in [4.69, 9.17) is 0 Å². The highest BCUT2D eigenvalue weighted by Crippen LogP contribution is 2.56. The van der Waals surface area contributed by atoms with Crippen molar-refractivity contribution in [1.29, 1.82) is 0 Å². The fourth-order valence-corrected chi connectivity index (χ4v) is 13.9. The molecule has 1 N–H and O–H groups in total. The topological polar surface area (TPSA) is 12.0 Å². The van der Waals surface area contributed by atoms with Crippen molar-refractivity contribution >= 4 is 11.8 Å². The minimum absolute atomic E-state index is 0.476. The average Bonchev–Trinajstić information content (AvgIpc) is 3.58. The van der Waals surface area contributed by atoms with Gasteiger partial charge in [0.25, 0.3) is 0 Å². The van der Waals surface area contributed by atoms with E-state index in [2.05, 4.69) is 102 Å². The summed E-state index contributed by atoms with van der Waals surface area (Å²) >= 11 is 2.39. The second kappa shape index (κ2) is 15.4. The molecule has 9 aliphatic rings. The van der Waals surface area contributed by atoms with Gasteiger partial charge in [-0.3, -0.25) is 0 Å². The first kappa shape index (κ1) is 33.5. The summed E-state index contributed by atoms with van der Waals surface area (Å²) in [5.41, 5.74) is 10.0. The Morgan fingerprint density at radius 2 is 1.54 bits per heavy atom. The predicted octanol–water partition coefficient (Wildman–Crippen LogP) is 12.4. The highest BCUT2D eigenvalue weighted by atomic mass is 32.2. The summed E-state index contributed by atoms with van der Waals surface area (Å²) in [6.07, 6.45) is 58.6. The first-order chi connectivity index (χ1) is 24.8. The summed E-state index contributed by atoms with van der Waals surface area (Å²) in [7, 11) is 0. The van der Waals surface area contributed by atoms with Crippen LogP contribution in [0.15, 0.2) is 119 Å². The molecule has 0 aromatic heterocycles. The number of rotatable bonds is 7. The minimum atomic E-state index is 0.476. The van der Waals surface area contributed by atoms with E-state index in [-0.39, 0.29) is 0 Å². The summed E-state index contributed by atoms with van der Waals surface area (Å²) in [6.45, 7) is 0. The molecular weight excluding hydrogens is 623 g/mol. The maximum atomic E-state index is 4.25. The third-order valence-corrected chi connectivity index (χ3v) is 16.3. The summed E-state index contributed by atoms with van der Waals surface area (Å²) in [5, 5.41) is 5.97. The van der Waals surface area contributed by atoms with E-state index in [1.54, 1.807) is 33.4 Å². The van der Waals surface area contributed by atoms with Crippen LogP contribution in [-0.2, 0) is 0 Å². The lowest BCUT2D eigenvalue weighted by Crippen LogP contribution is -2.46. The van der Waals surface area contributed by atoms with Gasteiger partial charge in [0.05, 0.1) is 0 Å². The number of allylic oxidation sites excluding steroid dienone is 16. The summed E-state index contributed by atoms with van der Waals surface area (Å²) in [6, 6.07) is 1.05.